The van der Waals surface area contributed by atoms with E-state index in [9.17, 15) is 24.5 Å². The molecule has 8 rings (SSSR count). The quantitative estimate of drug-likeness (QED) is 0.0773. The number of aliphatic hydroxyl groups excluding tert-OH is 1. The summed E-state index contributed by atoms with van der Waals surface area (Å²) in [5, 5.41) is 11.1. The number of fused-ring (bicyclic) bond motifs is 2. The molecule has 3 fully saturated rings. The van der Waals surface area contributed by atoms with Gasteiger partial charge in [0, 0.05) is 29.5 Å². The number of anilines is 2. The van der Waals surface area contributed by atoms with Crippen molar-refractivity contribution < 1.29 is 47.2 Å². The molecular formula is C37H52N12O12P2S2. The minimum Gasteiger partial charge on any atom is -0.390 e. The zero-order valence-corrected chi connectivity index (χ0v) is 39.6. The molecule has 8 heterocycles. The van der Waals surface area contributed by atoms with Crippen molar-refractivity contribution in [1.82, 2.24) is 48.6 Å². The molecule has 14 atom stereocenters. The van der Waals surface area contributed by atoms with E-state index in [1.165, 1.54) is 23.4 Å². The van der Waals surface area contributed by atoms with Crippen molar-refractivity contribution in [3.8, 4) is 0 Å². The van der Waals surface area contributed by atoms with Crippen LogP contribution in [0.4, 0.5) is 11.6 Å². The number of imidazole rings is 2. The van der Waals surface area contributed by atoms with Gasteiger partial charge in [-0.25, -0.2) is 29.7 Å². The Bertz CT molecular complexity index is 2780. The molecule has 5 aromatic heterocycles. The van der Waals surface area contributed by atoms with Crippen molar-refractivity contribution in [1.29, 1.82) is 0 Å². The lowest BCUT2D eigenvalue weighted by atomic mass is 9.99. The molecule has 0 radical (unpaired) electrons. The molecule has 5 unspecified atom stereocenters. The second-order valence-electron chi connectivity index (χ2n) is 16.6. The summed E-state index contributed by atoms with van der Waals surface area (Å²) in [6.07, 6.45) is 0.0688. The van der Waals surface area contributed by atoms with Crippen molar-refractivity contribution in [3.05, 3.63) is 57.4 Å². The number of nitrogen functional groups attached to an aromatic ring is 2. The number of ether oxygens (including phenoxy) is 3. The molecule has 5 aromatic rings. The Morgan fingerprint density at radius 1 is 0.769 bits per heavy atom. The Hall–Kier alpha value is -3.72. The molecule has 3 saturated heterocycles. The van der Waals surface area contributed by atoms with Gasteiger partial charge in [-0.05, 0) is 43.9 Å². The van der Waals surface area contributed by atoms with Crippen molar-refractivity contribution in [2.24, 2.45) is 17.8 Å². The lowest BCUT2D eigenvalue weighted by Crippen LogP contribution is -2.33. The number of rotatable bonds is 16. The van der Waals surface area contributed by atoms with E-state index in [0.717, 1.165) is 12.8 Å². The number of aryl methyl sites for hydroxylation is 2. The van der Waals surface area contributed by atoms with Gasteiger partial charge in [0.05, 0.1) is 38.1 Å². The zero-order chi connectivity index (χ0) is 46.7. The highest BCUT2D eigenvalue weighted by molar-refractivity contribution is 8.07. The van der Waals surface area contributed by atoms with E-state index in [1.807, 2.05) is 6.92 Å². The highest BCUT2D eigenvalue weighted by atomic mass is 32.5. The van der Waals surface area contributed by atoms with Gasteiger partial charge in [-0.2, -0.15) is 4.98 Å². The van der Waals surface area contributed by atoms with Crippen LogP contribution in [0, 0.1) is 31.6 Å². The average Bonchev–Trinajstić information content (AvgIpc) is 4.06. The van der Waals surface area contributed by atoms with E-state index >= 15 is 0 Å². The number of aliphatic hydroxyl groups is 1. The summed E-state index contributed by atoms with van der Waals surface area (Å²) in [6, 6.07) is 0. The molecule has 65 heavy (non-hydrogen) atoms. The van der Waals surface area contributed by atoms with Crippen LogP contribution < -0.4 is 22.7 Å². The fourth-order valence-electron chi connectivity index (χ4n) is 8.59. The summed E-state index contributed by atoms with van der Waals surface area (Å²) >= 11 is 11.1. The number of aromatic nitrogens is 10. The molecule has 0 bridgehead atoms. The zero-order valence-electron chi connectivity index (χ0n) is 36.2. The lowest BCUT2D eigenvalue weighted by Gasteiger charge is -2.29. The van der Waals surface area contributed by atoms with Crippen molar-refractivity contribution in [3.63, 3.8) is 0 Å². The highest BCUT2D eigenvalue weighted by Crippen LogP contribution is 2.54. The number of unbranched alkanes of at least 4 members (excludes halogenated alkanes) is 1. The molecule has 0 aliphatic carbocycles. The van der Waals surface area contributed by atoms with Crippen LogP contribution in [0.5, 0.6) is 0 Å². The van der Waals surface area contributed by atoms with Gasteiger partial charge in [0.25, 0.3) is 5.56 Å². The van der Waals surface area contributed by atoms with E-state index in [2.05, 4.69) is 41.8 Å². The van der Waals surface area contributed by atoms with Crippen LogP contribution in [0.1, 0.15) is 77.0 Å². The number of hydrogen-bond acceptors (Lipinski definition) is 20. The Morgan fingerprint density at radius 2 is 1.34 bits per heavy atom. The largest absolute Gasteiger partial charge is 0.390 e. The maximum atomic E-state index is 12.8. The fourth-order valence-corrected chi connectivity index (χ4v) is 11.6. The van der Waals surface area contributed by atoms with E-state index in [1.54, 1.807) is 43.2 Å². The van der Waals surface area contributed by atoms with Gasteiger partial charge in [0.2, 0.25) is 0 Å². The van der Waals surface area contributed by atoms with E-state index in [-0.39, 0.29) is 28.7 Å². The average molecular weight is 983 g/mol. The first-order valence-corrected chi connectivity index (χ1v) is 26.1. The van der Waals surface area contributed by atoms with Crippen LogP contribution in [0.15, 0.2) is 34.8 Å². The summed E-state index contributed by atoms with van der Waals surface area (Å²) < 4.78 is 47.9. The van der Waals surface area contributed by atoms with Crippen LogP contribution in [0.2, 0.25) is 0 Å². The number of H-pyrrole nitrogens is 1. The number of hydrogen-bond donors (Lipinski definition) is 6. The first kappa shape index (κ1) is 47.8. The fraction of sp³-hybridized carbons (Fsp3) is 0.622. The van der Waals surface area contributed by atoms with Gasteiger partial charge in [0.1, 0.15) is 66.6 Å². The monoisotopic (exact) mass is 982 g/mol. The molecule has 0 aromatic carbocycles. The smallest absolute Gasteiger partial charge is 0.351 e. The normalized spacial score (nSPS) is 31.2. The minimum atomic E-state index is -4.20. The number of nitrogens with zero attached hydrogens (tertiary/aromatic N) is 9. The van der Waals surface area contributed by atoms with Gasteiger partial charge >= 0.3 is 19.1 Å². The van der Waals surface area contributed by atoms with Gasteiger partial charge in [0.15, 0.2) is 22.6 Å². The summed E-state index contributed by atoms with van der Waals surface area (Å²) in [5.74, 6) is -1.01. The summed E-state index contributed by atoms with van der Waals surface area (Å²) in [4.78, 5) is 76.8. The topological polar surface area (TPSA) is 319 Å². The summed E-state index contributed by atoms with van der Waals surface area (Å²) in [5.41, 5.74) is 12.5. The van der Waals surface area contributed by atoms with E-state index < -0.39 is 105 Å². The first-order valence-electron chi connectivity index (χ1n) is 20.9. The standard InChI is InChI=1S/C37H52N12O12P2S2/c1-7-8-9-21-27(18(4)35(57-21)48-14-42-24-30(39)40-13-41-31(24)48)60-63(54,65)56-12-23-28(19(5)36(59-23)49-15-43-25-32(49)44-20(6)45-33(25)51)61-62(53,64)55-11-22-26(50)17(3)34(58-22)47-10-16(2)29(38)46-37(47)52/h10,13-15,17-19,21-23,26-28,34-36,50H,7-9,11-12H2,1-6H3,(H,53,64)(H,54,65)(H2,38,46,52)(H2,39,40,41)(H,44,45,51)/t17-,18-,19-,21+,22+,23+,26?,27?,28?,34+,35+,36+,62?,63?/m0/s1. The van der Waals surface area contributed by atoms with Crippen LogP contribution in [0.3, 0.4) is 0 Å². The molecule has 0 spiro atoms. The number of nitrogens with one attached hydrogen (secondary N) is 1. The molecule has 0 amide bonds. The second kappa shape index (κ2) is 18.8. The van der Waals surface area contributed by atoms with Crippen molar-refractivity contribution in [2.45, 2.75) is 116 Å². The minimum absolute atomic E-state index is 0.0664. The Morgan fingerprint density at radius 3 is 2.00 bits per heavy atom. The van der Waals surface area contributed by atoms with Gasteiger partial charge in [-0.1, -0.05) is 40.5 Å². The van der Waals surface area contributed by atoms with E-state index in [0.29, 0.717) is 29.0 Å². The van der Waals surface area contributed by atoms with Crippen LogP contribution in [-0.2, 0) is 55.9 Å². The lowest BCUT2D eigenvalue weighted by molar-refractivity contribution is -0.0533. The third-order valence-electron chi connectivity index (χ3n) is 12.1. The molecule has 3 aliphatic heterocycles. The molecule has 354 valence electrons. The van der Waals surface area contributed by atoms with Crippen LogP contribution in [-0.4, -0.2) is 113 Å². The third kappa shape index (κ3) is 9.57. The highest BCUT2D eigenvalue weighted by Gasteiger charge is 2.50. The Kier molecular flexibility index (Phi) is 13.8. The van der Waals surface area contributed by atoms with Gasteiger partial charge < -0.3 is 63.7 Å². The number of nitrogens with two attached hydrogens (primary N) is 2. The Labute approximate surface area is 381 Å². The molecule has 28 heteroatoms. The maximum absolute atomic E-state index is 12.8. The maximum Gasteiger partial charge on any atom is 0.351 e. The molecule has 3 aliphatic rings. The molecule has 8 N–H and O–H groups in total. The molecular weight excluding hydrogens is 931 g/mol. The van der Waals surface area contributed by atoms with Crippen molar-refractivity contribution >= 4 is 71.0 Å². The SMILES string of the molecule is CCCC[C@H]1O[C@@H](n2cnc3c(N)ncnc32)[C@@H](C)C1OP(O)(=S)OC[C@H]1O[C@@H](n2cnc3c(=O)[nH]c(C)nc32)[C@@H](C)C1OP(O)(=S)OC[C@H]1O[C@@H](n2cc(C)c(N)nc2=O)[C@@H](C)C1O. The first-order chi connectivity index (χ1) is 30.8. The summed E-state index contributed by atoms with van der Waals surface area (Å²) in [6.45, 7) is 1.59. The second-order valence-corrected chi connectivity index (χ2v) is 22.2. The Balaban J connectivity index is 1.00. The van der Waals surface area contributed by atoms with Crippen LogP contribution in [0.25, 0.3) is 22.3 Å². The van der Waals surface area contributed by atoms with Gasteiger partial charge in [-0.15, -0.1) is 0 Å². The molecule has 0 saturated carbocycles. The predicted molar refractivity (Wildman–Crippen MR) is 240 cm³/mol. The number of aromatic amines is 1. The van der Waals surface area contributed by atoms with E-state index in [4.69, 9.17) is 67.4 Å². The molecule has 24 nitrogen and oxygen atoms in total. The third-order valence-corrected chi connectivity index (χ3v) is 15.2. The van der Waals surface area contributed by atoms with Gasteiger partial charge in [-0.3, -0.25) is 18.5 Å². The van der Waals surface area contributed by atoms with Crippen molar-refractivity contribution in [2.75, 3.05) is 24.7 Å². The predicted octanol–water partition coefficient (Wildman–Crippen LogP) is 2.39. The van der Waals surface area contributed by atoms with Crippen LogP contribution >= 0.6 is 13.4 Å². The summed E-state index contributed by atoms with van der Waals surface area (Å²) in [7, 11) is 0.